The van der Waals surface area contributed by atoms with Crippen LogP contribution in [0.4, 0.5) is 0 Å². The average Bonchev–Trinajstić information content (AvgIpc) is 2.07. The van der Waals surface area contributed by atoms with Gasteiger partial charge in [0.15, 0.2) is 0 Å². The summed E-state index contributed by atoms with van der Waals surface area (Å²) in [4.78, 5) is 0. The maximum Gasteiger partial charge on any atom is 0.0701 e. The van der Waals surface area contributed by atoms with Gasteiger partial charge in [0, 0.05) is 18.7 Å². The Morgan fingerprint density at radius 3 is 2.13 bits per heavy atom. The molecule has 0 bridgehead atoms. The van der Waals surface area contributed by atoms with Crippen molar-refractivity contribution in [2.45, 2.75) is 40.2 Å². The van der Waals surface area contributed by atoms with Crippen molar-refractivity contribution in [2.75, 3.05) is 33.0 Å². The summed E-state index contributed by atoms with van der Waals surface area (Å²) in [6.07, 6.45) is 0. The Labute approximate surface area is 94.5 Å². The molecule has 0 saturated carbocycles. The molecule has 0 heterocycles. The fourth-order valence-corrected chi connectivity index (χ4v) is 1.04. The predicted octanol–water partition coefficient (Wildman–Crippen LogP) is 2.06. The van der Waals surface area contributed by atoms with Gasteiger partial charge in [0.05, 0.1) is 19.8 Å². The molecule has 0 rings (SSSR count). The number of nitrogens with one attached hydrogen (secondary N) is 1. The first-order valence-electron chi connectivity index (χ1n) is 5.82. The Balaban J connectivity index is 3.06. The minimum absolute atomic E-state index is 0.178. The van der Waals surface area contributed by atoms with E-state index in [2.05, 4.69) is 39.9 Å². The highest BCUT2D eigenvalue weighted by molar-refractivity contribution is 4.69. The maximum atomic E-state index is 5.42. The van der Waals surface area contributed by atoms with Crippen LogP contribution in [-0.4, -0.2) is 38.5 Å². The fourth-order valence-electron chi connectivity index (χ4n) is 1.04. The first-order chi connectivity index (χ1) is 6.92. The number of ether oxygens (including phenoxy) is 2. The molecule has 15 heavy (non-hydrogen) atoms. The van der Waals surface area contributed by atoms with E-state index in [0.717, 1.165) is 19.8 Å². The van der Waals surface area contributed by atoms with E-state index in [4.69, 9.17) is 9.47 Å². The topological polar surface area (TPSA) is 30.5 Å². The molecule has 0 aromatic rings. The molecule has 0 aromatic heterocycles. The number of hydrogen-bond acceptors (Lipinski definition) is 3. The molecule has 0 radical (unpaired) electrons. The first kappa shape index (κ1) is 14.9. The second kappa shape index (κ2) is 8.08. The molecule has 0 fully saturated rings. The van der Waals surface area contributed by atoms with Gasteiger partial charge in [-0.2, -0.15) is 0 Å². The smallest absolute Gasteiger partial charge is 0.0701 e. The van der Waals surface area contributed by atoms with Crippen LogP contribution >= 0.6 is 0 Å². The van der Waals surface area contributed by atoms with Gasteiger partial charge < -0.3 is 14.8 Å². The minimum atomic E-state index is 0.178. The lowest BCUT2D eigenvalue weighted by Gasteiger charge is -2.20. The van der Waals surface area contributed by atoms with E-state index in [1.54, 1.807) is 0 Å². The molecule has 0 aliphatic carbocycles. The van der Waals surface area contributed by atoms with Crippen LogP contribution in [-0.2, 0) is 9.47 Å². The molecular weight excluding hydrogens is 190 g/mol. The highest BCUT2D eigenvalue weighted by Gasteiger charge is 2.06. The summed E-state index contributed by atoms with van der Waals surface area (Å²) in [7, 11) is 0. The Hall–Kier alpha value is -0.120. The molecule has 92 valence electrons. The first-order valence-corrected chi connectivity index (χ1v) is 5.82. The van der Waals surface area contributed by atoms with Crippen LogP contribution < -0.4 is 5.32 Å². The summed E-state index contributed by atoms with van der Waals surface area (Å²) in [5.41, 5.74) is 0.178. The van der Waals surface area contributed by atoms with Crippen molar-refractivity contribution in [2.24, 2.45) is 5.92 Å². The largest absolute Gasteiger partial charge is 0.379 e. The van der Waals surface area contributed by atoms with Gasteiger partial charge in [-0.05, 0) is 26.7 Å². The summed E-state index contributed by atoms with van der Waals surface area (Å²) in [6, 6.07) is 0. The lowest BCUT2D eigenvalue weighted by Crippen LogP contribution is -2.38. The third kappa shape index (κ3) is 13.9. The highest BCUT2D eigenvalue weighted by atomic mass is 16.5. The van der Waals surface area contributed by atoms with Crippen molar-refractivity contribution >= 4 is 0 Å². The highest BCUT2D eigenvalue weighted by Crippen LogP contribution is 1.96. The Morgan fingerprint density at radius 2 is 1.60 bits per heavy atom. The summed E-state index contributed by atoms with van der Waals surface area (Å²) in [6.45, 7) is 14.6. The molecule has 0 spiro atoms. The standard InChI is InChI=1S/C12H27NO2/c1-11(2)10-15-9-8-14-7-6-13-12(3,4)5/h11,13H,6-10H2,1-5H3. The average molecular weight is 217 g/mol. The van der Waals surface area contributed by atoms with Crippen molar-refractivity contribution in [3.8, 4) is 0 Å². The van der Waals surface area contributed by atoms with Crippen LogP contribution in [0.2, 0.25) is 0 Å². The second-order valence-electron chi connectivity index (χ2n) is 5.26. The van der Waals surface area contributed by atoms with Gasteiger partial charge in [0.1, 0.15) is 0 Å². The fraction of sp³-hybridized carbons (Fsp3) is 1.00. The van der Waals surface area contributed by atoms with Gasteiger partial charge in [0.25, 0.3) is 0 Å². The SMILES string of the molecule is CC(C)COCCOCCNC(C)(C)C. The third-order valence-corrected chi connectivity index (χ3v) is 1.72. The van der Waals surface area contributed by atoms with Gasteiger partial charge in [-0.15, -0.1) is 0 Å². The van der Waals surface area contributed by atoms with E-state index in [9.17, 15) is 0 Å². The monoisotopic (exact) mass is 217 g/mol. The third-order valence-electron chi connectivity index (χ3n) is 1.72. The van der Waals surface area contributed by atoms with Crippen LogP contribution in [0.15, 0.2) is 0 Å². The van der Waals surface area contributed by atoms with Gasteiger partial charge in [-0.3, -0.25) is 0 Å². The molecule has 0 unspecified atom stereocenters. The number of hydrogen-bond donors (Lipinski definition) is 1. The summed E-state index contributed by atoms with van der Waals surface area (Å²) in [5, 5.41) is 3.37. The Morgan fingerprint density at radius 1 is 1.00 bits per heavy atom. The van der Waals surface area contributed by atoms with E-state index >= 15 is 0 Å². The van der Waals surface area contributed by atoms with Gasteiger partial charge in [-0.1, -0.05) is 13.8 Å². The van der Waals surface area contributed by atoms with E-state index in [-0.39, 0.29) is 5.54 Å². The molecular formula is C12H27NO2. The van der Waals surface area contributed by atoms with Gasteiger partial charge in [0.2, 0.25) is 0 Å². The second-order valence-corrected chi connectivity index (χ2v) is 5.26. The lowest BCUT2D eigenvalue weighted by atomic mass is 10.1. The summed E-state index contributed by atoms with van der Waals surface area (Å²) in [5.74, 6) is 0.604. The van der Waals surface area contributed by atoms with Crippen molar-refractivity contribution in [3.05, 3.63) is 0 Å². The zero-order valence-electron chi connectivity index (χ0n) is 10.9. The molecule has 0 saturated heterocycles. The van der Waals surface area contributed by atoms with Gasteiger partial charge in [-0.25, -0.2) is 0 Å². The van der Waals surface area contributed by atoms with Crippen molar-refractivity contribution in [3.63, 3.8) is 0 Å². The molecule has 0 aromatic carbocycles. The van der Waals surface area contributed by atoms with Crippen LogP contribution in [0.5, 0.6) is 0 Å². The minimum Gasteiger partial charge on any atom is -0.379 e. The molecule has 0 aliphatic heterocycles. The van der Waals surface area contributed by atoms with Crippen LogP contribution in [0.1, 0.15) is 34.6 Å². The van der Waals surface area contributed by atoms with E-state index in [1.807, 2.05) is 0 Å². The molecule has 1 N–H and O–H groups in total. The molecule has 0 amide bonds. The van der Waals surface area contributed by atoms with Crippen LogP contribution in [0, 0.1) is 5.92 Å². The van der Waals surface area contributed by atoms with Crippen molar-refractivity contribution < 1.29 is 9.47 Å². The summed E-state index contributed by atoms with van der Waals surface area (Å²) >= 11 is 0. The van der Waals surface area contributed by atoms with Gasteiger partial charge >= 0.3 is 0 Å². The lowest BCUT2D eigenvalue weighted by molar-refractivity contribution is 0.0376. The van der Waals surface area contributed by atoms with Crippen LogP contribution in [0.25, 0.3) is 0 Å². The molecule has 3 nitrogen and oxygen atoms in total. The normalized spacial score (nSPS) is 12.4. The molecule has 3 heteroatoms. The predicted molar refractivity (Wildman–Crippen MR) is 64.2 cm³/mol. The van der Waals surface area contributed by atoms with Crippen molar-refractivity contribution in [1.29, 1.82) is 0 Å². The van der Waals surface area contributed by atoms with E-state index < -0.39 is 0 Å². The quantitative estimate of drug-likeness (QED) is 0.631. The Bertz CT molecular complexity index is 141. The van der Waals surface area contributed by atoms with E-state index in [0.29, 0.717) is 19.1 Å². The van der Waals surface area contributed by atoms with Crippen molar-refractivity contribution in [1.82, 2.24) is 5.32 Å². The van der Waals surface area contributed by atoms with E-state index in [1.165, 1.54) is 0 Å². The number of rotatable bonds is 8. The molecule has 0 aliphatic rings. The Kier molecular flexibility index (Phi) is 8.02. The van der Waals surface area contributed by atoms with Crippen LogP contribution in [0.3, 0.4) is 0 Å². The maximum absolute atomic E-state index is 5.42. The molecule has 0 atom stereocenters. The summed E-state index contributed by atoms with van der Waals surface area (Å²) < 4.78 is 10.8. The zero-order valence-corrected chi connectivity index (χ0v) is 10.9. The zero-order chi connectivity index (χ0) is 11.7.